The molecule has 0 aliphatic heterocycles. The van der Waals surface area contributed by atoms with Crippen molar-refractivity contribution in [1.82, 2.24) is 0 Å². The fourth-order valence-electron chi connectivity index (χ4n) is 4.33. The number of benzene rings is 3. The smallest absolute Gasteiger partial charge is 0.310 e. The maximum Gasteiger partial charge on any atom is 0.310 e. The van der Waals surface area contributed by atoms with Crippen LogP contribution >= 0.6 is 0 Å². The van der Waals surface area contributed by atoms with Crippen LogP contribution in [-0.2, 0) is 16.1 Å². The molecule has 1 atom stereocenters. The molecule has 5 nitrogen and oxygen atoms in total. The largest absolute Gasteiger partial charge is 0.490 e. The summed E-state index contributed by atoms with van der Waals surface area (Å²) in [7, 11) is 0. The molecule has 0 spiro atoms. The Balaban J connectivity index is 1.34. The SMILES string of the molecule is CCC(=NOCCOc1cccc2c1CCCC2C(=O)O)c1ccc(-c2ccccc2)cc1. The maximum atomic E-state index is 11.6. The van der Waals surface area contributed by atoms with Crippen LogP contribution in [0, 0.1) is 0 Å². The number of nitrogens with zero attached hydrogens (tertiary/aromatic N) is 1. The Morgan fingerprint density at radius 3 is 2.45 bits per heavy atom. The molecule has 0 heterocycles. The Morgan fingerprint density at radius 2 is 1.73 bits per heavy atom. The van der Waals surface area contributed by atoms with Gasteiger partial charge in [-0.3, -0.25) is 4.79 Å². The van der Waals surface area contributed by atoms with E-state index in [2.05, 4.69) is 48.5 Å². The lowest BCUT2D eigenvalue weighted by molar-refractivity contribution is -0.139. The summed E-state index contributed by atoms with van der Waals surface area (Å²) in [5.41, 5.74) is 6.15. The highest BCUT2D eigenvalue weighted by molar-refractivity contribution is 6.00. The van der Waals surface area contributed by atoms with Gasteiger partial charge in [-0.15, -0.1) is 0 Å². The van der Waals surface area contributed by atoms with Gasteiger partial charge in [0.2, 0.25) is 0 Å². The summed E-state index contributed by atoms with van der Waals surface area (Å²) in [6.45, 7) is 2.72. The quantitative estimate of drug-likeness (QED) is 0.248. The predicted octanol–water partition coefficient (Wildman–Crippen LogP) is 6.07. The van der Waals surface area contributed by atoms with Crippen LogP contribution < -0.4 is 4.74 Å². The van der Waals surface area contributed by atoms with Gasteiger partial charge in [0.25, 0.3) is 0 Å². The molecular formula is C28H29NO4. The summed E-state index contributed by atoms with van der Waals surface area (Å²) < 4.78 is 5.93. The predicted molar refractivity (Wildman–Crippen MR) is 130 cm³/mol. The Hall–Kier alpha value is -3.60. The number of hydrogen-bond donors (Lipinski definition) is 1. The number of hydrogen-bond acceptors (Lipinski definition) is 4. The molecule has 1 unspecified atom stereocenters. The summed E-state index contributed by atoms with van der Waals surface area (Å²) in [5.74, 6) is -0.466. The third-order valence-corrected chi connectivity index (χ3v) is 6.03. The molecule has 5 heteroatoms. The molecule has 3 aromatic carbocycles. The highest BCUT2D eigenvalue weighted by Crippen LogP contribution is 2.36. The van der Waals surface area contributed by atoms with Crippen LogP contribution in [-0.4, -0.2) is 30.0 Å². The van der Waals surface area contributed by atoms with Crippen LogP contribution in [0.25, 0.3) is 11.1 Å². The monoisotopic (exact) mass is 443 g/mol. The van der Waals surface area contributed by atoms with E-state index < -0.39 is 11.9 Å². The van der Waals surface area contributed by atoms with Crippen molar-refractivity contribution in [3.05, 3.63) is 89.5 Å². The highest BCUT2D eigenvalue weighted by Gasteiger charge is 2.27. The molecule has 0 amide bonds. The minimum Gasteiger partial charge on any atom is -0.490 e. The first-order chi connectivity index (χ1) is 16.2. The van der Waals surface area contributed by atoms with Gasteiger partial charge < -0.3 is 14.7 Å². The minimum absolute atomic E-state index is 0.317. The standard InChI is InChI=1S/C28H29NO4/c1-2-26(22-16-14-21(15-17-22)20-8-4-3-5-9-20)29-33-19-18-32-27-13-7-10-23-24(27)11-6-12-25(23)28(30)31/h3-5,7-10,13-17,25H,2,6,11-12,18-19H2,1H3,(H,30,31). The van der Waals surface area contributed by atoms with Gasteiger partial charge >= 0.3 is 5.97 Å². The van der Waals surface area contributed by atoms with Crippen LogP contribution in [0.3, 0.4) is 0 Å². The lowest BCUT2D eigenvalue weighted by Crippen LogP contribution is -2.19. The van der Waals surface area contributed by atoms with E-state index in [0.717, 1.165) is 47.4 Å². The molecule has 0 radical (unpaired) electrons. The first-order valence-corrected chi connectivity index (χ1v) is 11.5. The molecule has 1 N–H and O–H groups in total. The third kappa shape index (κ3) is 5.43. The van der Waals surface area contributed by atoms with Crippen molar-refractivity contribution in [2.75, 3.05) is 13.2 Å². The van der Waals surface area contributed by atoms with E-state index in [1.165, 1.54) is 11.1 Å². The van der Waals surface area contributed by atoms with Crippen molar-refractivity contribution < 1.29 is 19.5 Å². The zero-order valence-corrected chi connectivity index (χ0v) is 18.9. The van der Waals surface area contributed by atoms with E-state index in [1.807, 2.05) is 36.4 Å². The van der Waals surface area contributed by atoms with Gasteiger partial charge in [0.15, 0.2) is 6.61 Å². The van der Waals surface area contributed by atoms with Gasteiger partial charge in [-0.25, -0.2) is 0 Å². The number of fused-ring (bicyclic) bond motifs is 1. The van der Waals surface area contributed by atoms with Crippen LogP contribution in [0.5, 0.6) is 5.75 Å². The van der Waals surface area contributed by atoms with E-state index in [9.17, 15) is 9.90 Å². The highest BCUT2D eigenvalue weighted by atomic mass is 16.6. The Morgan fingerprint density at radius 1 is 0.970 bits per heavy atom. The topological polar surface area (TPSA) is 68.1 Å². The van der Waals surface area contributed by atoms with Gasteiger partial charge in [-0.05, 0) is 59.6 Å². The van der Waals surface area contributed by atoms with Crippen molar-refractivity contribution in [1.29, 1.82) is 0 Å². The van der Waals surface area contributed by atoms with E-state index in [1.54, 1.807) is 0 Å². The average molecular weight is 444 g/mol. The molecule has 4 rings (SSSR count). The number of aliphatic carboxylic acids is 1. The lowest BCUT2D eigenvalue weighted by Gasteiger charge is -2.24. The zero-order chi connectivity index (χ0) is 23.0. The Bertz CT molecular complexity index is 1110. The number of carboxylic acid groups (broad SMARTS) is 1. The fourth-order valence-corrected chi connectivity index (χ4v) is 4.33. The Kier molecular flexibility index (Phi) is 7.40. The van der Waals surface area contributed by atoms with Crippen molar-refractivity contribution in [2.45, 2.75) is 38.5 Å². The van der Waals surface area contributed by atoms with Crippen molar-refractivity contribution in [2.24, 2.45) is 5.16 Å². The molecule has 170 valence electrons. The van der Waals surface area contributed by atoms with Crippen molar-refractivity contribution >= 4 is 11.7 Å². The second-order valence-corrected chi connectivity index (χ2v) is 8.12. The number of ether oxygens (including phenoxy) is 1. The molecule has 0 fully saturated rings. The van der Waals surface area contributed by atoms with E-state index in [0.29, 0.717) is 19.6 Å². The summed E-state index contributed by atoms with van der Waals surface area (Å²) in [4.78, 5) is 17.1. The van der Waals surface area contributed by atoms with Gasteiger partial charge in [0.05, 0.1) is 11.6 Å². The summed E-state index contributed by atoms with van der Waals surface area (Å²) in [6, 6.07) is 24.3. The summed E-state index contributed by atoms with van der Waals surface area (Å²) >= 11 is 0. The zero-order valence-electron chi connectivity index (χ0n) is 18.9. The molecule has 3 aromatic rings. The number of oxime groups is 1. The minimum atomic E-state index is -0.769. The van der Waals surface area contributed by atoms with Gasteiger partial charge in [0.1, 0.15) is 12.4 Å². The van der Waals surface area contributed by atoms with Gasteiger partial charge in [0, 0.05) is 0 Å². The molecule has 1 aliphatic carbocycles. The number of rotatable bonds is 9. The van der Waals surface area contributed by atoms with E-state index >= 15 is 0 Å². The van der Waals surface area contributed by atoms with E-state index in [4.69, 9.17) is 9.57 Å². The van der Waals surface area contributed by atoms with E-state index in [-0.39, 0.29) is 0 Å². The Labute approximate surface area is 194 Å². The normalized spacial score (nSPS) is 15.5. The van der Waals surface area contributed by atoms with Gasteiger partial charge in [-0.1, -0.05) is 78.8 Å². The molecule has 33 heavy (non-hydrogen) atoms. The number of carbonyl (C=O) groups is 1. The lowest BCUT2D eigenvalue weighted by atomic mass is 9.82. The van der Waals surface area contributed by atoms with Gasteiger partial charge in [-0.2, -0.15) is 0 Å². The first-order valence-electron chi connectivity index (χ1n) is 11.5. The number of carboxylic acids is 1. The molecule has 1 aliphatic rings. The molecule has 0 saturated heterocycles. The van der Waals surface area contributed by atoms with Crippen molar-refractivity contribution in [3.8, 4) is 16.9 Å². The second-order valence-electron chi connectivity index (χ2n) is 8.12. The van der Waals surface area contributed by atoms with Crippen LogP contribution in [0.1, 0.15) is 48.8 Å². The third-order valence-electron chi connectivity index (χ3n) is 6.03. The molecule has 0 bridgehead atoms. The average Bonchev–Trinajstić information content (AvgIpc) is 2.86. The summed E-state index contributed by atoms with van der Waals surface area (Å²) in [6.07, 6.45) is 3.13. The summed E-state index contributed by atoms with van der Waals surface area (Å²) in [5, 5.41) is 13.8. The second kappa shape index (κ2) is 10.8. The fraction of sp³-hybridized carbons (Fsp3) is 0.286. The van der Waals surface area contributed by atoms with Crippen molar-refractivity contribution in [3.63, 3.8) is 0 Å². The van der Waals surface area contributed by atoms with Crippen LogP contribution in [0.2, 0.25) is 0 Å². The first kappa shape index (κ1) is 22.6. The van der Waals surface area contributed by atoms with Crippen LogP contribution in [0.4, 0.5) is 0 Å². The molecular weight excluding hydrogens is 414 g/mol. The maximum absolute atomic E-state index is 11.6. The molecule has 0 saturated carbocycles. The van der Waals surface area contributed by atoms with Crippen LogP contribution in [0.15, 0.2) is 78.0 Å². The molecule has 0 aromatic heterocycles.